The van der Waals surface area contributed by atoms with Crippen LogP contribution in [0.1, 0.15) is 5.56 Å². The highest BCUT2D eigenvalue weighted by Gasteiger charge is 2.08. The first kappa shape index (κ1) is 13.0. The Morgan fingerprint density at radius 2 is 1.89 bits per heavy atom. The summed E-state index contributed by atoms with van der Waals surface area (Å²) in [4.78, 5) is 0. The van der Waals surface area contributed by atoms with Crippen molar-refractivity contribution >= 4 is 28.9 Å². The molecule has 94 valence electrons. The van der Waals surface area contributed by atoms with Gasteiger partial charge in [0.1, 0.15) is 18.2 Å². The monoisotopic (exact) mass is 285 g/mol. The van der Waals surface area contributed by atoms with Gasteiger partial charge in [0, 0.05) is 17.3 Å². The Morgan fingerprint density at radius 3 is 2.67 bits per heavy atom. The Hall–Kier alpha value is -1.45. The Morgan fingerprint density at radius 1 is 1.11 bits per heavy atom. The van der Waals surface area contributed by atoms with Crippen LogP contribution < -0.4 is 10.5 Å². The Labute approximate surface area is 114 Å². The van der Waals surface area contributed by atoms with Gasteiger partial charge in [0.2, 0.25) is 0 Å². The van der Waals surface area contributed by atoms with Gasteiger partial charge < -0.3 is 10.5 Å². The molecule has 2 aromatic carbocycles. The lowest BCUT2D eigenvalue weighted by Gasteiger charge is -2.09. The molecule has 0 aliphatic heterocycles. The van der Waals surface area contributed by atoms with Crippen LogP contribution in [0.25, 0.3) is 0 Å². The predicted molar refractivity (Wildman–Crippen MR) is 71.6 cm³/mol. The maximum atomic E-state index is 13.6. The summed E-state index contributed by atoms with van der Waals surface area (Å²) in [6, 6.07) is 9.61. The van der Waals surface area contributed by atoms with Crippen molar-refractivity contribution in [1.29, 1.82) is 0 Å². The fourth-order valence-electron chi connectivity index (χ4n) is 1.45. The molecule has 0 aromatic heterocycles. The number of nitrogen functional groups attached to an aromatic ring is 1. The third-order valence-electron chi connectivity index (χ3n) is 2.37. The molecule has 0 heterocycles. The summed E-state index contributed by atoms with van der Waals surface area (Å²) in [5.41, 5.74) is 6.51. The van der Waals surface area contributed by atoms with Gasteiger partial charge in [-0.3, -0.25) is 0 Å². The minimum absolute atomic E-state index is 0.0373. The van der Waals surface area contributed by atoms with Gasteiger partial charge in [-0.15, -0.1) is 0 Å². The first-order valence-electron chi connectivity index (χ1n) is 5.18. The zero-order valence-corrected chi connectivity index (χ0v) is 10.8. The van der Waals surface area contributed by atoms with E-state index in [-0.39, 0.29) is 11.6 Å². The highest BCUT2D eigenvalue weighted by atomic mass is 35.5. The van der Waals surface area contributed by atoms with Gasteiger partial charge in [-0.05, 0) is 18.2 Å². The molecular weight excluding hydrogens is 276 g/mol. The highest BCUT2D eigenvalue weighted by Crippen LogP contribution is 2.28. The fraction of sp³-hybridized carbons (Fsp3) is 0.0769. The van der Waals surface area contributed by atoms with Gasteiger partial charge in [-0.1, -0.05) is 35.3 Å². The first-order valence-corrected chi connectivity index (χ1v) is 5.94. The second-order valence-electron chi connectivity index (χ2n) is 3.69. The van der Waals surface area contributed by atoms with E-state index in [1.54, 1.807) is 30.3 Å². The summed E-state index contributed by atoms with van der Waals surface area (Å²) in [7, 11) is 0. The van der Waals surface area contributed by atoms with Gasteiger partial charge in [-0.2, -0.15) is 0 Å². The number of benzene rings is 2. The van der Waals surface area contributed by atoms with Crippen molar-refractivity contribution in [2.75, 3.05) is 5.73 Å². The van der Waals surface area contributed by atoms with Crippen LogP contribution in [0, 0.1) is 5.82 Å². The number of nitrogens with two attached hydrogens (primary N) is 1. The minimum atomic E-state index is -0.487. The van der Waals surface area contributed by atoms with Crippen LogP contribution in [-0.2, 0) is 6.61 Å². The number of ether oxygens (including phenoxy) is 1. The Balaban J connectivity index is 2.16. The third kappa shape index (κ3) is 2.86. The maximum absolute atomic E-state index is 13.6. The van der Waals surface area contributed by atoms with E-state index in [1.807, 2.05) is 0 Å². The van der Waals surface area contributed by atoms with E-state index < -0.39 is 5.82 Å². The van der Waals surface area contributed by atoms with E-state index in [9.17, 15) is 4.39 Å². The zero-order valence-electron chi connectivity index (χ0n) is 9.29. The lowest BCUT2D eigenvalue weighted by Crippen LogP contribution is -2.00. The summed E-state index contributed by atoms with van der Waals surface area (Å²) >= 11 is 11.6. The summed E-state index contributed by atoms with van der Waals surface area (Å²) in [5, 5.41) is 0.487. The summed E-state index contributed by atoms with van der Waals surface area (Å²) in [6.07, 6.45) is 0. The van der Waals surface area contributed by atoms with E-state index >= 15 is 0 Å². The number of halogens is 3. The van der Waals surface area contributed by atoms with Gasteiger partial charge in [0.05, 0.1) is 10.0 Å². The molecule has 0 aliphatic carbocycles. The van der Waals surface area contributed by atoms with Crippen molar-refractivity contribution in [3.05, 3.63) is 57.8 Å². The van der Waals surface area contributed by atoms with E-state index in [2.05, 4.69) is 0 Å². The molecule has 0 saturated carbocycles. The zero-order chi connectivity index (χ0) is 13.1. The van der Waals surface area contributed by atoms with Gasteiger partial charge >= 0.3 is 0 Å². The molecule has 0 atom stereocenters. The predicted octanol–water partition coefficient (Wildman–Crippen LogP) is 4.29. The quantitative estimate of drug-likeness (QED) is 0.854. The van der Waals surface area contributed by atoms with Gasteiger partial charge in [0.15, 0.2) is 0 Å². The third-order valence-corrected chi connectivity index (χ3v) is 2.97. The number of hydrogen-bond acceptors (Lipinski definition) is 2. The second-order valence-corrected chi connectivity index (χ2v) is 4.51. The van der Waals surface area contributed by atoms with Crippen molar-refractivity contribution in [2.24, 2.45) is 0 Å². The second kappa shape index (κ2) is 5.46. The maximum Gasteiger partial charge on any atom is 0.148 e. The van der Waals surface area contributed by atoms with Crippen molar-refractivity contribution in [3.8, 4) is 5.75 Å². The van der Waals surface area contributed by atoms with E-state index in [0.717, 1.165) is 0 Å². The largest absolute Gasteiger partial charge is 0.487 e. The number of rotatable bonds is 3. The normalized spacial score (nSPS) is 10.4. The van der Waals surface area contributed by atoms with Crippen molar-refractivity contribution < 1.29 is 9.13 Å². The van der Waals surface area contributed by atoms with Crippen molar-refractivity contribution in [3.63, 3.8) is 0 Å². The topological polar surface area (TPSA) is 35.2 Å². The summed E-state index contributed by atoms with van der Waals surface area (Å²) < 4.78 is 19.0. The molecule has 2 rings (SSSR count). The molecule has 0 aliphatic rings. The molecule has 0 saturated heterocycles. The smallest absolute Gasteiger partial charge is 0.148 e. The molecular formula is C13H10Cl2FNO. The molecule has 0 fully saturated rings. The molecule has 2 N–H and O–H groups in total. The Kier molecular flexibility index (Phi) is 3.94. The molecule has 0 radical (unpaired) electrons. The lowest BCUT2D eigenvalue weighted by molar-refractivity contribution is 0.300. The minimum Gasteiger partial charge on any atom is -0.487 e. The summed E-state index contributed by atoms with van der Waals surface area (Å²) in [6.45, 7) is 0.0373. The standard InChI is InChI=1S/C13H10Cl2FNO/c14-10-5-4-9(17)6-12(10)18-7-8-2-1-3-11(15)13(8)16/h1-6H,7,17H2. The molecule has 0 spiro atoms. The SMILES string of the molecule is Nc1ccc(Cl)c(OCc2cccc(Cl)c2F)c1. The molecule has 5 heteroatoms. The Bertz CT molecular complexity index is 573. The molecule has 2 nitrogen and oxygen atoms in total. The van der Waals surface area contributed by atoms with E-state index in [1.165, 1.54) is 6.07 Å². The van der Waals surface area contributed by atoms with E-state index in [4.69, 9.17) is 33.7 Å². The van der Waals surface area contributed by atoms with Crippen LogP contribution >= 0.6 is 23.2 Å². The number of anilines is 1. The van der Waals surface area contributed by atoms with Crippen LogP contribution in [0.5, 0.6) is 5.75 Å². The molecule has 2 aromatic rings. The van der Waals surface area contributed by atoms with Crippen molar-refractivity contribution in [2.45, 2.75) is 6.61 Å². The molecule has 0 amide bonds. The number of hydrogen-bond donors (Lipinski definition) is 1. The van der Waals surface area contributed by atoms with Crippen molar-refractivity contribution in [1.82, 2.24) is 0 Å². The average molecular weight is 286 g/mol. The lowest BCUT2D eigenvalue weighted by atomic mass is 10.2. The highest BCUT2D eigenvalue weighted by molar-refractivity contribution is 6.32. The fourth-order valence-corrected chi connectivity index (χ4v) is 1.81. The van der Waals surface area contributed by atoms with Crippen LogP contribution in [0.2, 0.25) is 10.0 Å². The average Bonchev–Trinajstić information content (AvgIpc) is 2.35. The molecule has 18 heavy (non-hydrogen) atoms. The van der Waals surface area contributed by atoms with Crippen LogP contribution in [0.3, 0.4) is 0 Å². The van der Waals surface area contributed by atoms with E-state index in [0.29, 0.717) is 22.0 Å². The first-order chi connectivity index (χ1) is 8.58. The molecule has 0 unspecified atom stereocenters. The molecule has 0 bridgehead atoms. The van der Waals surface area contributed by atoms with Gasteiger partial charge in [0.25, 0.3) is 0 Å². The van der Waals surface area contributed by atoms with Crippen LogP contribution in [-0.4, -0.2) is 0 Å². The van der Waals surface area contributed by atoms with Crippen LogP contribution in [0.15, 0.2) is 36.4 Å². The van der Waals surface area contributed by atoms with Gasteiger partial charge in [-0.25, -0.2) is 4.39 Å². The van der Waals surface area contributed by atoms with Crippen LogP contribution in [0.4, 0.5) is 10.1 Å². The summed E-state index contributed by atoms with van der Waals surface area (Å²) in [5.74, 6) is -0.0739.